The van der Waals surface area contributed by atoms with Crippen molar-refractivity contribution in [2.24, 2.45) is 0 Å². The highest BCUT2D eigenvalue weighted by atomic mass is 16.2. The number of urea groups is 1. The van der Waals surface area contributed by atoms with Crippen LogP contribution in [0.15, 0.2) is 24.3 Å². The predicted molar refractivity (Wildman–Crippen MR) is 86.6 cm³/mol. The Kier molecular flexibility index (Phi) is 5.95. The number of hydrogen-bond donors (Lipinski definition) is 2. The lowest BCUT2D eigenvalue weighted by Gasteiger charge is -2.18. The Bertz CT molecular complexity index is 526. The largest absolute Gasteiger partial charge is 0.331 e. The fourth-order valence-electron chi connectivity index (χ4n) is 2.89. The zero-order valence-electron chi connectivity index (χ0n) is 13.4. The predicted octanol–water partition coefficient (Wildman–Crippen LogP) is 2.23. The van der Waals surface area contributed by atoms with E-state index in [1.54, 1.807) is 0 Å². The summed E-state index contributed by atoms with van der Waals surface area (Å²) in [5, 5.41) is 5.32. The third-order valence-electron chi connectivity index (χ3n) is 4.24. The Labute approximate surface area is 132 Å². The number of imide groups is 1. The molecule has 1 aliphatic carbocycles. The van der Waals surface area contributed by atoms with E-state index < -0.39 is 6.03 Å². The van der Waals surface area contributed by atoms with Gasteiger partial charge in [-0.1, -0.05) is 38.1 Å². The third kappa shape index (κ3) is 4.31. The number of fused-ring (bicyclic) bond motifs is 1. The molecule has 0 heterocycles. The molecule has 0 bridgehead atoms. The molecule has 2 N–H and O–H groups in total. The lowest BCUT2D eigenvalue weighted by Crippen LogP contribution is -2.41. The normalized spacial score (nSPS) is 16.4. The van der Waals surface area contributed by atoms with E-state index in [9.17, 15) is 9.59 Å². The number of aryl methyl sites for hydroxylation is 1. The van der Waals surface area contributed by atoms with E-state index in [4.69, 9.17) is 0 Å². The summed E-state index contributed by atoms with van der Waals surface area (Å²) in [5.41, 5.74) is 2.44. The van der Waals surface area contributed by atoms with E-state index in [0.717, 1.165) is 31.5 Å². The molecule has 2 rings (SSSR count). The van der Waals surface area contributed by atoms with Crippen molar-refractivity contribution in [3.05, 3.63) is 35.4 Å². The molecule has 22 heavy (non-hydrogen) atoms. The van der Waals surface area contributed by atoms with Crippen LogP contribution in [0.3, 0.4) is 0 Å². The molecule has 0 radical (unpaired) electrons. The van der Waals surface area contributed by atoms with Gasteiger partial charge in [0.1, 0.15) is 0 Å². The zero-order valence-corrected chi connectivity index (χ0v) is 13.4. The summed E-state index contributed by atoms with van der Waals surface area (Å²) in [4.78, 5) is 25.9. The number of carbonyl (C=O) groups excluding carboxylic acids is 2. The Balaban J connectivity index is 1.78. The number of carbonyl (C=O) groups is 2. The van der Waals surface area contributed by atoms with Gasteiger partial charge in [0, 0.05) is 13.0 Å². The van der Waals surface area contributed by atoms with Gasteiger partial charge in [-0.05, 0) is 37.1 Å². The molecule has 1 aliphatic rings. The minimum absolute atomic E-state index is 0.00628. The van der Waals surface area contributed by atoms with E-state index in [1.165, 1.54) is 5.56 Å². The van der Waals surface area contributed by atoms with Gasteiger partial charge in [0.25, 0.3) is 0 Å². The van der Waals surface area contributed by atoms with Crippen LogP contribution in [0.1, 0.15) is 43.9 Å². The molecule has 1 atom stereocenters. The molecule has 0 saturated heterocycles. The van der Waals surface area contributed by atoms with Crippen LogP contribution in [0.2, 0.25) is 0 Å². The van der Waals surface area contributed by atoms with Gasteiger partial charge < -0.3 is 10.2 Å². The summed E-state index contributed by atoms with van der Waals surface area (Å²) in [6.45, 7) is 6.62. The molecule has 5 heteroatoms. The van der Waals surface area contributed by atoms with Gasteiger partial charge in [-0.25, -0.2) is 4.79 Å². The number of rotatable bonds is 6. The minimum Gasteiger partial charge on any atom is -0.331 e. The monoisotopic (exact) mass is 303 g/mol. The highest BCUT2D eigenvalue weighted by molar-refractivity contribution is 5.94. The third-order valence-corrected chi connectivity index (χ3v) is 4.24. The van der Waals surface area contributed by atoms with E-state index in [0.29, 0.717) is 13.0 Å². The van der Waals surface area contributed by atoms with Crippen LogP contribution in [-0.4, -0.2) is 36.5 Å². The average Bonchev–Trinajstić information content (AvgIpc) is 2.91. The van der Waals surface area contributed by atoms with Gasteiger partial charge in [0.15, 0.2) is 0 Å². The van der Waals surface area contributed by atoms with Crippen LogP contribution in [-0.2, 0) is 11.2 Å². The highest BCUT2D eigenvalue weighted by Crippen LogP contribution is 2.30. The molecular weight excluding hydrogens is 278 g/mol. The molecule has 0 aliphatic heterocycles. The van der Waals surface area contributed by atoms with Crippen molar-refractivity contribution in [2.45, 2.75) is 39.2 Å². The molecule has 3 amide bonds. The number of nitrogens with zero attached hydrogens (tertiary/aromatic N) is 1. The SMILES string of the molecule is CCN(CC)CCC(=O)NC(=O)NC1CCc2ccccc21. The topological polar surface area (TPSA) is 61.4 Å². The van der Waals surface area contributed by atoms with E-state index >= 15 is 0 Å². The number of nitrogens with one attached hydrogen (secondary N) is 2. The maximum Gasteiger partial charge on any atom is 0.321 e. The summed E-state index contributed by atoms with van der Waals surface area (Å²) < 4.78 is 0. The molecule has 0 fully saturated rings. The fourth-order valence-corrected chi connectivity index (χ4v) is 2.89. The Morgan fingerprint density at radius 2 is 1.95 bits per heavy atom. The van der Waals surface area contributed by atoms with Crippen LogP contribution in [0.4, 0.5) is 4.79 Å². The van der Waals surface area contributed by atoms with Crippen molar-refractivity contribution < 1.29 is 9.59 Å². The van der Waals surface area contributed by atoms with Crippen LogP contribution < -0.4 is 10.6 Å². The summed E-state index contributed by atoms with van der Waals surface area (Å²) in [7, 11) is 0. The molecule has 1 aromatic rings. The van der Waals surface area contributed by atoms with Crippen molar-refractivity contribution in [2.75, 3.05) is 19.6 Å². The van der Waals surface area contributed by atoms with Crippen LogP contribution >= 0.6 is 0 Å². The molecule has 0 spiro atoms. The lowest BCUT2D eigenvalue weighted by molar-refractivity contribution is -0.120. The second kappa shape index (κ2) is 7.94. The number of benzene rings is 1. The van der Waals surface area contributed by atoms with Crippen LogP contribution in [0.5, 0.6) is 0 Å². The summed E-state index contributed by atoms with van der Waals surface area (Å²) in [6, 6.07) is 7.72. The Morgan fingerprint density at radius 3 is 2.68 bits per heavy atom. The van der Waals surface area contributed by atoms with Gasteiger partial charge in [0.2, 0.25) is 5.91 Å². The molecule has 120 valence electrons. The lowest BCUT2D eigenvalue weighted by atomic mass is 10.1. The van der Waals surface area contributed by atoms with E-state index in [2.05, 4.69) is 35.4 Å². The second-order valence-corrected chi connectivity index (χ2v) is 5.59. The number of hydrogen-bond acceptors (Lipinski definition) is 3. The zero-order chi connectivity index (χ0) is 15.9. The van der Waals surface area contributed by atoms with E-state index in [1.807, 2.05) is 18.2 Å². The Morgan fingerprint density at radius 1 is 1.23 bits per heavy atom. The maximum atomic E-state index is 11.9. The maximum absolute atomic E-state index is 11.9. The van der Waals surface area contributed by atoms with Gasteiger partial charge in [-0.2, -0.15) is 0 Å². The first-order valence-electron chi connectivity index (χ1n) is 8.04. The van der Waals surface area contributed by atoms with Crippen molar-refractivity contribution >= 4 is 11.9 Å². The van der Waals surface area contributed by atoms with Crippen molar-refractivity contribution in [3.8, 4) is 0 Å². The highest BCUT2D eigenvalue weighted by Gasteiger charge is 2.23. The van der Waals surface area contributed by atoms with Gasteiger partial charge in [-0.15, -0.1) is 0 Å². The minimum atomic E-state index is -0.397. The van der Waals surface area contributed by atoms with Crippen molar-refractivity contribution in [1.82, 2.24) is 15.5 Å². The molecule has 1 unspecified atom stereocenters. The average molecular weight is 303 g/mol. The van der Waals surface area contributed by atoms with Crippen molar-refractivity contribution in [3.63, 3.8) is 0 Å². The van der Waals surface area contributed by atoms with E-state index in [-0.39, 0.29) is 11.9 Å². The summed E-state index contributed by atoms with van der Waals surface area (Å²) in [5.74, 6) is -0.226. The molecule has 5 nitrogen and oxygen atoms in total. The Hall–Kier alpha value is -1.88. The molecule has 1 aromatic carbocycles. The fraction of sp³-hybridized carbons (Fsp3) is 0.529. The quantitative estimate of drug-likeness (QED) is 0.847. The molecular formula is C17H25N3O2. The van der Waals surface area contributed by atoms with Crippen LogP contribution in [0, 0.1) is 0 Å². The molecule has 0 saturated carbocycles. The molecule has 0 aromatic heterocycles. The summed E-state index contributed by atoms with van der Waals surface area (Å²) in [6.07, 6.45) is 2.20. The van der Waals surface area contributed by atoms with Gasteiger partial charge in [-0.3, -0.25) is 10.1 Å². The first-order chi connectivity index (χ1) is 10.6. The second-order valence-electron chi connectivity index (χ2n) is 5.59. The van der Waals surface area contributed by atoms with Gasteiger partial charge >= 0.3 is 6.03 Å². The first kappa shape index (κ1) is 16.5. The van der Waals surface area contributed by atoms with Crippen LogP contribution in [0.25, 0.3) is 0 Å². The standard InChI is InChI=1S/C17H25N3O2/c1-3-20(4-2)12-11-16(21)19-17(22)18-15-10-9-13-7-5-6-8-14(13)15/h5-8,15H,3-4,9-12H2,1-2H3,(H2,18,19,21,22). The number of amides is 3. The first-order valence-corrected chi connectivity index (χ1v) is 8.04. The summed E-state index contributed by atoms with van der Waals surface area (Å²) >= 11 is 0. The van der Waals surface area contributed by atoms with Crippen molar-refractivity contribution in [1.29, 1.82) is 0 Å². The van der Waals surface area contributed by atoms with Gasteiger partial charge in [0.05, 0.1) is 6.04 Å². The smallest absolute Gasteiger partial charge is 0.321 e.